The normalized spacial score (nSPS) is 10.1. The third-order valence-electron chi connectivity index (χ3n) is 3.06. The minimum Gasteiger partial charge on any atom is -0.385 e. The van der Waals surface area contributed by atoms with E-state index in [-0.39, 0.29) is 0 Å². The average Bonchev–Trinajstić information content (AvgIpc) is 2.76. The number of fused-ring (bicyclic) bond motifs is 1. The van der Waals surface area contributed by atoms with Gasteiger partial charge in [-0.1, -0.05) is 11.2 Å². The molecule has 0 unspecified atom stereocenters. The monoisotopic (exact) mass is 259 g/mol. The standard InChI is InChI=1S/C12H17N7/c1-14-11-9-6-8(7-17-18-13)4-5-10(9)19(16-3)12(11)15-2/h4-6,14-16H,7H2,1-3H3. The van der Waals surface area contributed by atoms with Gasteiger partial charge in [0.15, 0.2) is 0 Å². The first-order valence-electron chi connectivity index (χ1n) is 5.98. The van der Waals surface area contributed by atoms with Crippen molar-refractivity contribution in [1.82, 2.24) is 4.68 Å². The van der Waals surface area contributed by atoms with Crippen LogP contribution < -0.4 is 16.1 Å². The Hall–Kier alpha value is -2.53. The summed E-state index contributed by atoms with van der Waals surface area (Å²) in [7, 11) is 5.63. The average molecular weight is 259 g/mol. The molecule has 7 nitrogen and oxygen atoms in total. The van der Waals surface area contributed by atoms with Gasteiger partial charge in [0, 0.05) is 31.4 Å². The number of nitrogens with one attached hydrogen (secondary N) is 3. The van der Waals surface area contributed by atoms with Crippen molar-refractivity contribution < 1.29 is 0 Å². The number of hydrogen-bond donors (Lipinski definition) is 3. The molecule has 2 aromatic rings. The van der Waals surface area contributed by atoms with Crippen LogP contribution in [0.25, 0.3) is 21.3 Å². The fourth-order valence-corrected chi connectivity index (χ4v) is 2.27. The number of anilines is 2. The summed E-state index contributed by atoms with van der Waals surface area (Å²) in [6, 6.07) is 6.00. The smallest absolute Gasteiger partial charge is 0.149 e. The van der Waals surface area contributed by atoms with E-state index in [4.69, 9.17) is 5.53 Å². The zero-order valence-corrected chi connectivity index (χ0v) is 11.2. The van der Waals surface area contributed by atoms with E-state index in [9.17, 15) is 0 Å². The zero-order chi connectivity index (χ0) is 13.8. The maximum absolute atomic E-state index is 8.39. The quantitative estimate of drug-likeness (QED) is 0.438. The van der Waals surface area contributed by atoms with E-state index >= 15 is 0 Å². The minimum atomic E-state index is 0.356. The molecular weight excluding hydrogens is 242 g/mol. The van der Waals surface area contributed by atoms with E-state index in [1.54, 1.807) is 0 Å². The number of hydrogen-bond acceptors (Lipinski definition) is 4. The van der Waals surface area contributed by atoms with Crippen LogP contribution in [0.4, 0.5) is 11.5 Å². The van der Waals surface area contributed by atoms with Gasteiger partial charge in [-0.25, -0.2) is 4.68 Å². The van der Waals surface area contributed by atoms with Crippen molar-refractivity contribution in [2.45, 2.75) is 6.54 Å². The molecule has 1 aromatic carbocycles. The van der Waals surface area contributed by atoms with Crippen molar-refractivity contribution in [1.29, 1.82) is 0 Å². The van der Waals surface area contributed by atoms with Gasteiger partial charge in [0.1, 0.15) is 5.82 Å². The van der Waals surface area contributed by atoms with Crippen LogP contribution in [-0.2, 0) is 6.54 Å². The van der Waals surface area contributed by atoms with Crippen LogP contribution in [0.1, 0.15) is 5.56 Å². The molecule has 0 bridgehead atoms. The van der Waals surface area contributed by atoms with Gasteiger partial charge in [-0.3, -0.25) is 0 Å². The van der Waals surface area contributed by atoms with E-state index in [2.05, 4.69) is 26.1 Å². The van der Waals surface area contributed by atoms with Gasteiger partial charge >= 0.3 is 0 Å². The topological polar surface area (TPSA) is 89.8 Å². The Labute approximate surface area is 111 Å². The molecule has 19 heavy (non-hydrogen) atoms. The van der Waals surface area contributed by atoms with Crippen molar-refractivity contribution >= 4 is 22.4 Å². The molecule has 2 rings (SSSR count). The number of aromatic nitrogens is 1. The van der Waals surface area contributed by atoms with Crippen LogP contribution in [0.2, 0.25) is 0 Å². The molecule has 0 fully saturated rings. The zero-order valence-electron chi connectivity index (χ0n) is 11.2. The molecular formula is C12H17N7. The summed E-state index contributed by atoms with van der Waals surface area (Å²) in [6.07, 6.45) is 0. The highest BCUT2D eigenvalue weighted by Gasteiger charge is 2.14. The van der Waals surface area contributed by atoms with Gasteiger partial charge in [0.05, 0.1) is 17.7 Å². The predicted octanol–water partition coefficient (Wildman–Crippen LogP) is 2.71. The molecule has 0 amide bonds. The number of benzene rings is 1. The van der Waals surface area contributed by atoms with Crippen molar-refractivity contribution in [2.24, 2.45) is 5.11 Å². The molecule has 0 radical (unpaired) electrons. The highest BCUT2D eigenvalue weighted by Crippen LogP contribution is 2.34. The van der Waals surface area contributed by atoms with Crippen LogP contribution in [0.3, 0.4) is 0 Å². The lowest BCUT2D eigenvalue weighted by Gasteiger charge is -2.09. The van der Waals surface area contributed by atoms with Crippen molar-refractivity contribution in [3.05, 3.63) is 34.2 Å². The first-order chi connectivity index (χ1) is 9.26. The maximum Gasteiger partial charge on any atom is 0.149 e. The third kappa shape index (κ3) is 2.11. The van der Waals surface area contributed by atoms with Crippen LogP contribution in [0, 0.1) is 0 Å². The maximum atomic E-state index is 8.39. The SMILES string of the molecule is CNc1c(NC)n(NC)c2ccc(CN=[N+]=[N-])cc12. The van der Waals surface area contributed by atoms with Gasteiger partial charge in [-0.15, -0.1) is 0 Å². The Morgan fingerprint density at radius 3 is 2.63 bits per heavy atom. The van der Waals surface area contributed by atoms with Crippen LogP contribution in [-0.4, -0.2) is 25.8 Å². The van der Waals surface area contributed by atoms with Crippen molar-refractivity contribution in [2.75, 3.05) is 37.2 Å². The minimum absolute atomic E-state index is 0.356. The van der Waals surface area contributed by atoms with Crippen molar-refractivity contribution in [3.8, 4) is 0 Å². The van der Waals surface area contributed by atoms with Gasteiger partial charge in [-0.05, 0) is 23.2 Å². The van der Waals surface area contributed by atoms with Gasteiger partial charge in [-0.2, -0.15) is 0 Å². The highest BCUT2D eigenvalue weighted by molar-refractivity contribution is 6.01. The molecule has 0 saturated carbocycles. The summed E-state index contributed by atoms with van der Waals surface area (Å²) in [6.45, 7) is 0.356. The molecule has 1 heterocycles. The fraction of sp³-hybridized carbons (Fsp3) is 0.333. The van der Waals surface area contributed by atoms with E-state index in [1.807, 2.05) is 44.0 Å². The van der Waals surface area contributed by atoms with Gasteiger partial charge in [0.25, 0.3) is 0 Å². The Balaban J connectivity index is 2.66. The molecule has 0 aliphatic carbocycles. The highest BCUT2D eigenvalue weighted by atomic mass is 15.4. The number of rotatable bonds is 5. The molecule has 0 atom stereocenters. The Morgan fingerprint density at radius 1 is 1.26 bits per heavy atom. The lowest BCUT2D eigenvalue weighted by molar-refractivity contribution is 0.977. The molecule has 1 aromatic heterocycles. The third-order valence-corrected chi connectivity index (χ3v) is 3.06. The largest absolute Gasteiger partial charge is 0.385 e. The summed E-state index contributed by atoms with van der Waals surface area (Å²) in [5.74, 6) is 0.959. The van der Waals surface area contributed by atoms with Crippen LogP contribution >= 0.6 is 0 Å². The number of azide groups is 1. The first kappa shape index (κ1) is 12.9. The fourth-order valence-electron chi connectivity index (χ4n) is 2.27. The Morgan fingerprint density at radius 2 is 2.05 bits per heavy atom. The predicted molar refractivity (Wildman–Crippen MR) is 79.2 cm³/mol. The number of nitrogens with zero attached hydrogens (tertiary/aromatic N) is 4. The Bertz CT molecular complexity index is 637. The molecule has 0 aliphatic rings. The molecule has 0 saturated heterocycles. The summed E-state index contributed by atoms with van der Waals surface area (Å²) >= 11 is 0. The first-order valence-corrected chi connectivity index (χ1v) is 5.98. The molecule has 100 valence electrons. The Kier molecular flexibility index (Phi) is 3.68. The van der Waals surface area contributed by atoms with E-state index in [0.717, 1.165) is 28.0 Å². The summed E-state index contributed by atoms with van der Waals surface area (Å²) in [4.78, 5) is 2.79. The van der Waals surface area contributed by atoms with E-state index in [1.165, 1.54) is 0 Å². The molecule has 3 N–H and O–H groups in total. The summed E-state index contributed by atoms with van der Waals surface area (Å²) in [5.41, 5.74) is 14.6. The molecule has 0 aliphatic heterocycles. The summed E-state index contributed by atoms with van der Waals surface area (Å²) < 4.78 is 1.97. The second-order valence-electron chi connectivity index (χ2n) is 4.02. The van der Waals surface area contributed by atoms with Crippen molar-refractivity contribution in [3.63, 3.8) is 0 Å². The second kappa shape index (κ2) is 5.41. The van der Waals surface area contributed by atoms with Crippen LogP contribution in [0.15, 0.2) is 23.3 Å². The summed E-state index contributed by atoms with van der Waals surface area (Å²) in [5, 5.41) is 11.0. The molecule has 0 spiro atoms. The van der Waals surface area contributed by atoms with Gasteiger partial charge in [0.2, 0.25) is 0 Å². The lowest BCUT2D eigenvalue weighted by atomic mass is 10.1. The van der Waals surface area contributed by atoms with Gasteiger partial charge < -0.3 is 16.1 Å². The second-order valence-corrected chi connectivity index (χ2v) is 4.02. The van der Waals surface area contributed by atoms with Crippen LogP contribution in [0.5, 0.6) is 0 Å². The van der Waals surface area contributed by atoms with E-state index < -0.39 is 0 Å². The van der Waals surface area contributed by atoms with E-state index in [0.29, 0.717) is 6.54 Å². The lowest BCUT2D eigenvalue weighted by Crippen LogP contribution is -2.12. The molecule has 7 heteroatoms.